The number of rotatable bonds is 5. The Morgan fingerprint density at radius 3 is 2.96 bits per heavy atom. The van der Waals surface area contributed by atoms with Gasteiger partial charge in [-0.3, -0.25) is 4.79 Å². The molecule has 1 aromatic heterocycles. The fourth-order valence-corrected chi connectivity index (χ4v) is 2.92. The highest BCUT2D eigenvalue weighted by Crippen LogP contribution is 2.14. The molecular weight excluding hydrogens is 294 g/mol. The summed E-state index contributed by atoms with van der Waals surface area (Å²) in [6.45, 7) is 8.15. The zero-order valence-corrected chi connectivity index (χ0v) is 14.3. The zero-order chi connectivity index (χ0) is 16.8. The first-order chi connectivity index (χ1) is 11.0. The molecule has 0 spiro atoms. The quantitative estimate of drug-likeness (QED) is 0.872. The lowest BCUT2D eigenvalue weighted by Gasteiger charge is -2.32. The summed E-state index contributed by atoms with van der Waals surface area (Å²) in [5.74, 6) is 0. The van der Waals surface area contributed by atoms with Gasteiger partial charge in [0.2, 0.25) is 0 Å². The van der Waals surface area contributed by atoms with Crippen molar-refractivity contribution in [2.24, 2.45) is 0 Å². The van der Waals surface area contributed by atoms with Crippen LogP contribution in [0.1, 0.15) is 43.0 Å². The molecule has 23 heavy (non-hydrogen) atoms. The van der Waals surface area contributed by atoms with Gasteiger partial charge in [-0.2, -0.15) is 0 Å². The molecule has 1 saturated heterocycles. The van der Waals surface area contributed by atoms with Gasteiger partial charge >= 0.3 is 6.03 Å². The number of pyridine rings is 1. The highest BCUT2D eigenvalue weighted by atomic mass is 16.5. The van der Waals surface area contributed by atoms with Crippen LogP contribution in [0.2, 0.25) is 0 Å². The van der Waals surface area contributed by atoms with Gasteiger partial charge < -0.3 is 19.9 Å². The Balaban J connectivity index is 1.91. The Labute approximate surface area is 137 Å². The second-order valence-electron chi connectivity index (χ2n) is 6.18. The summed E-state index contributed by atoms with van der Waals surface area (Å²) in [5.41, 5.74) is 2.20. The zero-order valence-electron chi connectivity index (χ0n) is 14.3. The number of piperidine rings is 1. The van der Waals surface area contributed by atoms with Gasteiger partial charge in [0.15, 0.2) is 0 Å². The van der Waals surface area contributed by atoms with E-state index in [2.05, 4.69) is 17.2 Å². The first-order valence-corrected chi connectivity index (χ1v) is 8.35. The third-order valence-electron chi connectivity index (χ3n) is 4.13. The van der Waals surface area contributed by atoms with Gasteiger partial charge in [-0.25, -0.2) is 4.79 Å². The van der Waals surface area contributed by atoms with Crippen LogP contribution in [0.5, 0.6) is 0 Å². The molecule has 6 nitrogen and oxygen atoms in total. The van der Waals surface area contributed by atoms with Crippen molar-refractivity contribution in [3.63, 3.8) is 0 Å². The predicted molar refractivity (Wildman–Crippen MR) is 89.6 cm³/mol. The van der Waals surface area contributed by atoms with Gasteiger partial charge in [-0.1, -0.05) is 6.92 Å². The van der Waals surface area contributed by atoms with Crippen molar-refractivity contribution in [2.45, 2.75) is 52.7 Å². The number of hydrogen-bond donors (Lipinski definition) is 2. The molecule has 1 atom stereocenters. The maximum atomic E-state index is 12.3. The molecule has 0 aliphatic carbocycles. The topological polar surface area (TPSA) is 74.4 Å². The van der Waals surface area contributed by atoms with E-state index in [0.717, 1.165) is 43.7 Å². The van der Waals surface area contributed by atoms with Crippen molar-refractivity contribution in [3.8, 4) is 0 Å². The minimum atomic E-state index is -0.134. The van der Waals surface area contributed by atoms with Crippen LogP contribution in [0.25, 0.3) is 0 Å². The number of carbonyl (C=O) groups is 1. The van der Waals surface area contributed by atoms with E-state index in [1.54, 1.807) is 4.90 Å². The Morgan fingerprint density at radius 1 is 1.48 bits per heavy atom. The second-order valence-corrected chi connectivity index (χ2v) is 6.18. The number of nitrogens with zero attached hydrogens (tertiary/aromatic N) is 1. The van der Waals surface area contributed by atoms with E-state index >= 15 is 0 Å². The molecule has 0 saturated carbocycles. The van der Waals surface area contributed by atoms with Gasteiger partial charge in [0.1, 0.15) is 0 Å². The molecule has 1 fully saturated rings. The van der Waals surface area contributed by atoms with E-state index in [-0.39, 0.29) is 24.2 Å². The first-order valence-electron chi connectivity index (χ1n) is 8.35. The number of hydrogen-bond acceptors (Lipinski definition) is 3. The van der Waals surface area contributed by atoms with E-state index in [1.807, 2.05) is 19.9 Å². The first kappa shape index (κ1) is 17.5. The van der Waals surface area contributed by atoms with Crippen LogP contribution in [-0.2, 0) is 11.3 Å². The van der Waals surface area contributed by atoms with Crippen molar-refractivity contribution < 1.29 is 9.53 Å². The number of aryl methyl sites for hydroxylation is 2. The average Bonchev–Trinajstić information content (AvgIpc) is 2.52. The molecule has 0 aromatic carbocycles. The van der Waals surface area contributed by atoms with E-state index in [1.165, 1.54) is 0 Å². The normalized spacial score (nSPS) is 18.0. The molecule has 6 heteroatoms. The number of H-pyrrole nitrogens is 1. The predicted octanol–water partition coefficient (Wildman–Crippen LogP) is 2.09. The van der Waals surface area contributed by atoms with Gasteiger partial charge in [0, 0.05) is 31.0 Å². The number of likely N-dealkylation sites (tertiary alicyclic amines) is 1. The maximum absolute atomic E-state index is 12.3. The van der Waals surface area contributed by atoms with Gasteiger partial charge in [-0.05, 0) is 44.7 Å². The van der Waals surface area contributed by atoms with Crippen molar-refractivity contribution in [1.29, 1.82) is 0 Å². The van der Waals surface area contributed by atoms with E-state index in [0.29, 0.717) is 12.1 Å². The number of carbonyl (C=O) groups excluding carboxylic acids is 1. The molecule has 0 bridgehead atoms. The molecule has 2 amide bonds. The summed E-state index contributed by atoms with van der Waals surface area (Å²) >= 11 is 0. The molecule has 1 aromatic rings. The van der Waals surface area contributed by atoms with Gasteiger partial charge in [0.05, 0.1) is 12.6 Å². The summed E-state index contributed by atoms with van der Waals surface area (Å²) < 4.78 is 5.75. The average molecular weight is 321 g/mol. The van der Waals surface area contributed by atoms with Crippen LogP contribution in [0.4, 0.5) is 4.79 Å². The smallest absolute Gasteiger partial charge is 0.317 e. The lowest BCUT2D eigenvalue weighted by molar-refractivity contribution is 0.0100. The number of aromatic nitrogens is 1. The van der Waals surface area contributed by atoms with E-state index in [9.17, 15) is 9.59 Å². The SMILES string of the molecule is CCCO[C@H]1CCCN(C(=O)NCc2c(C)cc(C)[nH]c2=O)C1. The number of aromatic amines is 1. The maximum Gasteiger partial charge on any atom is 0.317 e. The molecule has 0 radical (unpaired) electrons. The van der Waals surface area contributed by atoms with Crippen LogP contribution in [0, 0.1) is 13.8 Å². The number of urea groups is 1. The second kappa shape index (κ2) is 8.15. The summed E-state index contributed by atoms with van der Waals surface area (Å²) in [6.07, 6.45) is 3.06. The molecule has 2 rings (SSSR count). The van der Waals surface area contributed by atoms with Crippen molar-refractivity contribution in [1.82, 2.24) is 15.2 Å². The molecule has 2 N–H and O–H groups in total. The van der Waals surface area contributed by atoms with Crippen molar-refractivity contribution >= 4 is 6.03 Å². The fourth-order valence-electron chi connectivity index (χ4n) is 2.92. The minimum absolute atomic E-state index is 0.124. The van der Waals surface area contributed by atoms with Gasteiger partial charge in [-0.15, -0.1) is 0 Å². The highest BCUT2D eigenvalue weighted by Gasteiger charge is 2.24. The molecule has 0 unspecified atom stereocenters. The number of ether oxygens (including phenoxy) is 1. The lowest BCUT2D eigenvalue weighted by atomic mass is 10.1. The van der Waals surface area contributed by atoms with E-state index in [4.69, 9.17) is 4.74 Å². The molecule has 128 valence electrons. The third-order valence-corrected chi connectivity index (χ3v) is 4.13. The largest absolute Gasteiger partial charge is 0.376 e. The van der Waals surface area contributed by atoms with Gasteiger partial charge in [0.25, 0.3) is 5.56 Å². The third kappa shape index (κ3) is 4.82. The Bertz CT molecular complexity index is 597. The summed E-state index contributed by atoms with van der Waals surface area (Å²) in [4.78, 5) is 28.9. The van der Waals surface area contributed by atoms with Crippen molar-refractivity contribution in [3.05, 3.63) is 33.2 Å². The standard InChI is InChI=1S/C17H27N3O3/c1-4-8-23-14-6-5-7-20(11-14)17(22)18-10-15-12(2)9-13(3)19-16(15)21/h9,14H,4-8,10-11H2,1-3H3,(H,18,22)(H,19,21)/t14-/m0/s1. The van der Waals surface area contributed by atoms with Crippen LogP contribution >= 0.6 is 0 Å². The molecule has 1 aliphatic heterocycles. The van der Waals surface area contributed by atoms with Crippen LogP contribution in [0.3, 0.4) is 0 Å². The lowest BCUT2D eigenvalue weighted by Crippen LogP contribution is -2.48. The van der Waals surface area contributed by atoms with Crippen LogP contribution in [0.15, 0.2) is 10.9 Å². The van der Waals surface area contributed by atoms with Crippen molar-refractivity contribution in [2.75, 3.05) is 19.7 Å². The minimum Gasteiger partial charge on any atom is -0.376 e. The van der Waals surface area contributed by atoms with Crippen LogP contribution in [-0.4, -0.2) is 41.7 Å². The molecular formula is C17H27N3O3. The Kier molecular flexibility index (Phi) is 6.21. The number of nitrogens with one attached hydrogen (secondary N) is 2. The molecule has 2 heterocycles. The van der Waals surface area contributed by atoms with E-state index < -0.39 is 0 Å². The Morgan fingerprint density at radius 2 is 2.26 bits per heavy atom. The number of amides is 2. The summed E-state index contributed by atoms with van der Waals surface area (Å²) in [5, 5.41) is 2.86. The Hall–Kier alpha value is -1.82. The van der Waals surface area contributed by atoms with Crippen LogP contribution < -0.4 is 10.9 Å². The summed E-state index contributed by atoms with van der Waals surface area (Å²) in [6, 6.07) is 1.78. The summed E-state index contributed by atoms with van der Waals surface area (Å²) in [7, 11) is 0. The monoisotopic (exact) mass is 321 g/mol. The molecule has 1 aliphatic rings. The fraction of sp³-hybridized carbons (Fsp3) is 0.647. The highest BCUT2D eigenvalue weighted by molar-refractivity contribution is 5.74.